The largest absolute Gasteiger partial charge is 0.497 e. The highest BCUT2D eigenvalue weighted by Crippen LogP contribution is 2.21. The first kappa shape index (κ1) is 22.8. The Labute approximate surface area is 182 Å². The van der Waals surface area contributed by atoms with Crippen LogP contribution < -0.4 is 14.4 Å². The molecule has 1 fully saturated rings. The van der Waals surface area contributed by atoms with Crippen molar-refractivity contribution >= 4 is 37.3 Å². The van der Waals surface area contributed by atoms with Gasteiger partial charge in [-0.2, -0.15) is 4.31 Å². The minimum Gasteiger partial charge on any atom is -0.497 e. The number of anilines is 1. The van der Waals surface area contributed by atoms with Crippen LogP contribution in [-0.4, -0.2) is 66.7 Å². The summed E-state index contributed by atoms with van der Waals surface area (Å²) in [5.41, 5.74) is 1.00. The Balaban J connectivity index is 1.52. The Bertz CT molecular complexity index is 1050. The summed E-state index contributed by atoms with van der Waals surface area (Å²) in [4.78, 5) is 2.15. The monoisotopic (exact) mass is 473 g/mol. The molecule has 1 saturated heterocycles. The summed E-state index contributed by atoms with van der Waals surface area (Å²) in [5, 5.41) is 0.422. The third-order valence-corrected chi connectivity index (χ3v) is 8.45. The Hall–Kier alpha value is -1.85. The lowest BCUT2D eigenvalue weighted by atomic mass is 10.2. The van der Waals surface area contributed by atoms with Gasteiger partial charge in [-0.25, -0.2) is 21.6 Å². The zero-order valence-corrected chi connectivity index (χ0v) is 18.9. The normalized spacial score (nSPS) is 15.9. The maximum atomic E-state index is 12.6. The second kappa shape index (κ2) is 9.52. The van der Waals surface area contributed by atoms with Crippen LogP contribution in [0.2, 0.25) is 5.02 Å². The van der Waals surface area contributed by atoms with Crippen molar-refractivity contribution in [1.29, 1.82) is 0 Å². The SMILES string of the molecule is COc1ccc(N2CCN(S(=O)(=O)CCNS(=O)(=O)c3ccc(Cl)cc3)CC2)cc1. The van der Waals surface area contributed by atoms with Crippen molar-refractivity contribution in [2.45, 2.75) is 4.90 Å². The van der Waals surface area contributed by atoms with Gasteiger partial charge in [-0.3, -0.25) is 0 Å². The van der Waals surface area contributed by atoms with E-state index in [4.69, 9.17) is 16.3 Å². The third kappa shape index (κ3) is 5.64. The molecule has 0 unspecified atom stereocenters. The van der Waals surface area contributed by atoms with E-state index in [2.05, 4.69) is 9.62 Å². The fraction of sp³-hybridized carbons (Fsp3) is 0.368. The molecule has 0 bridgehead atoms. The van der Waals surface area contributed by atoms with Crippen molar-refractivity contribution in [2.24, 2.45) is 0 Å². The highest BCUT2D eigenvalue weighted by atomic mass is 35.5. The molecular weight excluding hydrogens is 450 g/mol. The van der Waals surface area contributed by atoms with E-state index in [-0.39, 0.29) is 17.2 Å². The molecule has 2 aromatic carbocycles. The quantitative estimate of drug-likeness (QED) is 0.627. The van der Waals surface area contributed by atoms with Crippen LogP contribution in [0.15, 0.2) is 53.4 Å². The molecule has 0 aliphatic carbocycles. The van der Waals surface area contributed by atoms with Crippen LogP contribution in [0, 0.1) is 0 Å². The summed E-state index contributed by atoms with van der Waals surface area (Å²) in [5.74, 6) is 0.462. The number of halogens is 1. The van der Waals surface area contributed by atoms with Crippen LogP contribution in [0.4, 0.5) is 5.69 Å². The lowest BCUT2D eigenvalue weighted by Gasteiger charge is -2.35. The predicted octanol–water partition coefficient (Wildman–Crippen LogP) is 1.78. The maximum absolute atomic E-state index is 12.6. The number of hydrogen-bond donors (Lipinski definition) is 1. The van der Waals surface area contributed by atoms with Gasteiger partial charge in [-0.1, -0.05) is 11.6 Å². The first-order chi connectivity index (χ1) is 14.2. The molecule has 2 aromatic rings. The zero-order valence-electron chi connectivity index (χ0n) is 16.5. The van der Waals surface area contributed by atoms with Gasteiger partial charge in [0.15, 0.2) is 0 Å². The second-order valence-electron chi connectivity index (χ2n) is 6.75. The number of rotatable bonds is 8. The summed E-state index contributed by atoms with van der Waals surface area (Å²) in [6.07, 6.45) is 0. The molecule has 0 saturated carbocycles. The van der Waals surface area contributed by atoms with E-state index in [1.165, 1.54) is 28.6 Å². The fourth-order valence-electron chi connectivity index (χ4n) is 3.15. The van der Waals surface area contributed by atoms with Crippen LogP contribution in [0.25, 0.3) is 0 Å². The minimum atomic E-state index is -3.79. The average molecular weight is 474 g/mol. The van der Waals surface area contributed by atoms with Gasteiger partial charge < -0.3 is 9.64 Å². The van der Waals surface area contributed by atoms with Gasteiger partial charge in [0.2, 0.25) is 20.0 Å². The van der Waals surface area contributed by atoms with Crippen molar-refractivity contribution in [3.63, 3.8) is 0 Å². The molecule has 1 heterocycles. The molecule has 164 valence electrons. The van der Waals surface area contributed by atoms with Gasteiger partial charge in [-0.05, 0) is 48.5 Å². The first-order valence-electron chi connectivity index (χ1n) is 9.33. The van der Waals surface area contributed by atoms with Crippen molar-refractivity contribution in [1.82, 2.24) is 9.03 Å². The lowest BCUT2D eigenvalue weighted by Crippen LogP contribution is -2.50. The summed E-state index contributed by atoms with van der Waals surface area (Å²) in [7, 11) is -5.76. The molecule has 8 nitrogen and oxygen atoms in total. The van der Waals surface area contributed by atoms with Gasteiger partial charge >= 0.3 is 0 Å². The van der Waals surface area contributed by atoms with Crippen molar-refractivity contribution in [3.05, 3.63) is 53.6 Å². The maximum Gasteiger partial charge on any atom is 0.240 e. The first-order valence-corrected chi connectivity index (χ1v) is 12.8. The van der Waals surface area contributed by atoms with Crippen LogP contribution in [0.1, 0.15) is 0 Å². The molecule has 1 N–H and O–H groups in total. The number of piperazine rings is 1. The summed E-state index contributed by atoms with van der Waals surface area (Å²) in [6.45, 7) is 1.60. The predicted molar refractivity (Wildman–Crippen MR) is 117 cm³/mol. The molecule has 1 aliphatic rings. The van der Waals surface area contributed by atoms with Crippen molar-refractivity contribution < 1.29 is 21.6 Å². The Kier molecular flexibility index (Phi) is 7.25. The highest BCUT2D eigenvalue weighted by molar-refractivity contribution is 7.90. The van der Waals surface area contributed by atoms with Crippen LogP contribution in [0.3, 0.4) is 0 Å². The Morgan fingerprint density at radius 3 is 2.10 bits per heavy atom. The van der Waals surface area contributed by atoms with Crippen LogP contribution in [0.5, 0.6) is 5.75 Å². The number of methoxy groups -OCH3 is 1. The number of sulfonamides is 2. The molecule has 0 atom stereocenters. The van der Waals surface area contributed by atoms with Crippen LogP contribution >= 0.6 is 11.6 Å². The molecule has 0 aromatic heterocycles. The molecular formula is C19H24ClN3O5S2. The van der Waals surface area contributed by atoms with Gasteiger partial charge in [0.1, 0.15) is 5.75 Å². The average Bonchev–Trinajstić information content (AvgIpc) is 2.74. The smallest absolute Gasteiger partial charge is 0.240 e. The van der Waals surface area contributed by atoms with Crippen molar-refractivity contribution in [3.8, 4) is 5.75 Å². The molecule has 1 aliphatic heterocycles. The van der Waals surface area contributed by atoms with Gasteiger partial charge in [0.25, 0.3) is 0 Å². The molecule has 0 amide bonds. The standard InChI is InChI=1S/C19H24ClN3O5S2/c1-28-18-6-4-17(5-7-18)22-11-13-23(14-12-22)29(24,25)15-10-21-30(26,27)19-8-2-16(20)3-9-19/h2-9,21H,10-15H2,1H3. The van der Waals surface area contributed by atoms with E-state index < -0.39 is 20.0 Å². The number of hydrogen-bond acceptors (Lipinski definition) is 6. The summed E-state index contributed by atoms with van der Waals surface area (Å²) < 4.78 is 58.7. The molecule has 3 rings (SSSR count). The highest BCUT2D eigenvalue weighted by Gasteiger charge is 2.27. The van der Waals surface area contributed by atoms with E-state index in [0.717, 1.165) is 11.4 Å². The number of benzene rings is 2. The van der Waals surface area contributed by atoms with Gasteiger partial charge in [0.05, 0.1) is 17.8 Å². The third-order valence-electron chi connectivity index (χ3n) is 4.85. The molecule has 0 radical (unpaired) electrons. The number of nitrogens with zero attached hydrogens (tertiary/aromatic N) is 2. The zero-order chi connectivity index (χ0) is 21.8. The van der Waals surface area contributed by atoms with Crippen molar-refractivity contribution in [2.75, 3.05) is 50.5 Å². The van der Waals surface area contributed by atoms with Gasteiger partial charge in [-0.15, -0.1) is 0 Å². The molecule has 0 spiro atoms. The van der Waals surface area contributed by atoms with E-state index in [1.807, 2.05) is 24.3 Å². The molecule has 30 heavy (non-hydrogen) atoms. The Morgan fingerprint density at radius 2 is 1.53 bits per heavy atom. The van der Waals surface area contributed by atoms with Gasteiger partial charge in [0, 0.05) is 43.4 Å². The molecule has 11 heteroatoms. The number of ether oxygens (including phenoxy) is 1. The van der Waals surface area contributed by atoms with E-state index in [0.29, 0.717) is 31.2 Å². The summed E-state index contributed by atoms with van der Waals surface area (Å²) in [6, 6.07) is 13.3. The lowest BCUT2D eigenvalue weighted by molar-refractivity contribution is 0.384. The van der Waals surface area contributed by atoms with E-state index >= 15 is 0 Å². The number of nitrogens with one attached hydrogen (secondary N) is 1. The minimum absolute atomic E-state index is 0.0393. The van der Waals surface area contributed by atoms with E-state index in [1.54, 1.807) is 7.11 Å². The van der Waals surface area contributed by atoms with E-state index in [9.17, 15) is 16.8 Å². The van der Waals surface area contributed by atoms with Crippen LogP contribution in [-0.2, 0) is 20.0 Å². The topological polar surface area (TPSA) is 96.0 Å². The Morgan fingerprint density at radius 1 is 0.933 bits per heavy atom. The fourth-order valence-corrected chi connectivity index (χ4v) is 5.77. The second-order valence-corrected chi connectivity index (χ2v) is 11.0. The summed E-state index contributed by atoms with van der Waals surface area (Å²) >= 11 is 5.77.